The molecule has 1 N–H and O–H groups in total. The van der Waals surface area contributed by atoms with Gasteiger partial charge in [0, 0.05) is 12.0 Å². The van der Waals surface area contributed by atoms with Crippen LogP contribution in [0.5, 0.6) is 5.95 Å². The molecule has 19 heavy (non-hydrogen) atoms. The van der Waals surface area contributed by atoms with Gasteiger partial charge in [-0.3, -0.25) is 4.79 Å². The van der Waals surface area contributed by atoms with Gasteiger partial charge in [-0.1, -0.05) is 12.8 Å². The molecule has 0 aliphatic rings. The van der Waals surface area contributed by atoms with E-state index in [1.165, 1.54) is 7.11 Å². The molecule has 0 spiro atoms. The van der Waals surface area contributed by atoms with Crippen molar-refractivity contribution in [3.63, 3.8) is 0 Å². The van der Waals surface area contributed by atoms with Gasteiger partial charge in [0.1, 0.15) is 5.76 Å². The van der Waals surface area contributed by atoms with Crippen LogP contribution in [-0.4, -0.2) is 18.3 Å². The number of hydrogen-bond donors (Lipinski definition) is 1. The van der Waals surface area contributed by atoms with Gasteiger partial charge in [-0.05, 0) is 33.6 Å². The molecule has 0 bridgehead atoms. The summed E-state index contributed by atoms with van der Waals surface area (Å²) in [6.45, 7) is 5.31. The van der Waals surface area contributed by atoms with Gasteiger partial charge in [-0.25, -0.2) is 0 Å². The first-order valence-corrected chi connectivity index (χ1v) is 6.82. The SMILES string of the molecule is COc1oc(CCCCC[C@@H](C)O)c(C)c(=O)c1C. The van der Waals surface area contributed by atoms with Crippen LogP contribution in [-0.2, 0) is 6.42 Å². The van der Waals surface area contributed by atoms with Gasteiger partial charge in [-0.2, -0.15) is 0 Å². The summed E-state index contributed by atoms with van der Waals surface area (Å²) >= 11 is 0. The van der Waals surface area contributed by atoms with Crippen molar-refractivity contribution >= 4 is 0 Å². The lowest BCUT2D eigenvalue weighted by Gasteiger charge is -2.09. The number of aryl methyl sites for hydroxylation is 1. The average molecular weight is 268 g/mol. The summed E-state index contributed by atoms with van der Waals surface area (Å²) in [5.74, 6) is 1.03. The summed E-state index contributed by atoms with van der Waals surface area (Å²) in [6, 6.07) is 0. The van der Waals surface area contributed by atoms with E-state index in [0.717, 1.165) is 32.1 Å². The first kappa shape index (κ1) is 15.8. The Labute approximate surface area is 114 Å². The standard InChI is InChI=1S/C15H24O4/c1-10(16)8-6-5-7-9-13-11(2)14(17)12(3)15(18-4)19-13/h10,16H,5-9H2,1-4H3/t10-/m1/s1. The highest BCUT2D eigenvalue weighted by Gasteiger charge is 2.13. The minimum atomic E-state index is -0.237. The van der Waals surface area contributed by atoms with E-state index in [1.54, 1.807) is 20.8 Å². The third-order valence-electron chi connectivity index (χ3n) is 3.33. The third kappa shape index (κ3) is 4.39. The predicted octanol–water partition coefficient (Wildman–Crippen LogP) is 2.75. The van der Waals surface area contributed by atoms with E-state index in [4.69, 9.17) is 9.15 Å². The van der Waals surface area contributed by atoms with Gasteiger partial charge in [0.15, 0.2) is 5.43 Å². The molecular formula is C15H24O4. The first-order valence-electron chi connectivity index (χ1n) is 6.82. The average Bonchev–Trinajstić information content (AvgIpc) is 2.37. The van der Waals surface area contributed by atoms with E-state index in [2.05, 4.69) is 0 Å². The van der Waals surface area contributed by atoms with E-state index in [1.807, 2.05) is 0 Å². The second-order valence-corrected chi connectivity index (χ2v) is 5.04. The minimum absolute atomic E-state index is 0.00193. The van der Waals surface area contributed by atoms with E-state index in [9.17, 15) is 9.90 Å². The number of methoxy groups -OCH3 is 1. The minimum Gasteiger partial charge on any atom is -0.468 e. The zero-order valence-corrected chi connectivity index (χ0v) is 12.3. The van der Waals surface area contributed by atoms with E-state index in [0.29, 0.717) is 22.8 Å². The van der Waals surface area contributed by atoms with Gasteiger partial charge in [0.25, 0.3) is 5.95 Å². The summed E-state index contributed by atoms with van der Waals surface area (Å²) in [7, 11) is 1.51. The Morgan fingerprint density at radius 3 is 2.47 bits per heavy atom. The molecule has 0 saturated carbocycles. The topological polar surface area (TPSA) is 59.7 Å². The van der Waals surface area contributed by atoms with Crippen molar-refractivity contribution in [1.29, 1.82) is 0 Å². The highest BCUT2D eigenvalue weighted by Crippen LogP contribution is 2.20. The molecular weight excluding hydrogens is 244 g/mol. The van der Waals surface area contributed by atoms with Gasteiger partial charge >= 0.3 is 0 Å². The van der Waals surface area contributed by atoms with Crippen LogP contribution in [0.4, 0.5) is 0 Å². The van der Waals surface area contributed by atoms with Crippen molar-refractivity contribution in [3.05, 3.63) is 27.1 Å². The van der Waals surface area contributed by atoms with Crippen molar-refractivity contribution in [2.24, 2.45) is 0 Å². The van der Waals surface area contributed by atoms with E-state index in [-0.39, 0.29) is 11.5 Å². The Morgan fingerprint density at radius 2 is 1.89 bits per heavy atom. The largest absolute Gasteiger partial charge is 0.468 e. The predicted molar refractivity (Wildman–Crippen MR) is 74.9 cm³/mol. The number of ether oxygens (including phenoxy) is 1. The highest BCUT2D eigenvalue weighted by atomic mass is 16.6. The third-order valence-corrected chi connectivity index (χ3v) is 3.33. The Bertz CT molecular complexity index is 460. The molecule has 0 unspecified atom stereocenters. The zero-order chi connectivity index (χ0) is 14.4. The summed E-state index contributed by atoms with van der Waals surface area (Å²) < 4.78 is 10.7. The zero-order valence-electron chi connectivity index (χ0n) is 12.3. The van der Waals surface area contributed by atoms with Crippen LogP contribution in [0.15, 0.2) is 9.21 Å². The molecule has 4 heteroatoms. The quantitative estimate of drug-likeness (QED) is 0.772. The monoisotopic (exact) mass is 268 g/mol. The van der Waals surface area contributed by atoms with Crippen LogP contribution in [0.25, 0.3) is 0 Å². The van der Waals surface area contributed by atoms with Gasteiger partial charge in [-0.15, -0.1) is 0 Å². The second-order valence-electron chi connectivity index (χ2n) is 5.04. The van der Waals surface area contributed by atoms with E-state index < -0.39 is 0 Å². The fourth-order valence-corrected chi connectivity index (χ4v) is 2.10. The summed E-state index contributed by atoms with van der Waals surface area (Å²) in [5, 5.41) is 9.17. The number of aliphatic hydroxyl groups is 1. The maximum atomic E-state index is 12.0. The van der Waals surface area contributed by atoms with Crippen molar-refractivity contribution in [2.75, 3.05) is 7.11 Å². The summed E-state index contributed by atoms with van der Waals surface area (Å²) in [6.07, 6.45) is 4.27. The molecule has 1 heterocycles. The van der Waals surface area contributed by atoms with Crippen LogP contribution >= 0.6 is 0 Å². The Kier molecular flexibility index (Phi) is 6.09. The van der Waals surface area contributed by atoms with Crippen molar-refractivity contribution in [1.82, 2.24) is 0 Å². The van der Waals surface area contributed by atoms with E-state index >= 15 is 0 Å². The molecule has 4 nitrogen and oxygen atoms in total. The van der Waals surface area contributed by atoms with Crippen LogP contribution in [0.1, 0.15) is 49.5 Å². The van der Waals surface area contributed by atoms with Gasteiger partial charge in [0.05, 0.1) is 18.8 Å². The molecule has 1 atom stereocenters. The lowest BCUT2D eigenvalue weighted by Crippen LogP contribution is -2.13. The summed E-state index contributed by atoms with van der Waals surface area (Å²) in [4.78, 5) is 12.0. The van der Waals surface area contributed by atoms with Crippen LogP contribution in [0.3, 0.4) is 0 Å². The first-order chi connectivity index (χ1) is 8.97. The van der Waals surface area contributed by atoms with Crippen molar-refractivity contribution in [3.8, 4) is 5.95 Å². The smallest absolute Gasteiger partial charge is 0.291 e. The number of unbranched alkanes of at least 4 members (excludes halogenated alkanes) is 2. The number of aliphatic hydroxyl groups excluding tert-OH is 1. The van der Waals surface area contributed by atoms with Crippen LogP contribution in [0, 0.1) is 13.8 Å². The molecule has 0 fully saturated rings. The number of rotatable bonds is 7. The second kappa shape index (κ2) is 7.34. The molecule has 1 aromatic heterocycles. The van der Waals surface area contributed by atoms with Gasteiger partial charge in [0.2, 0.25) is 0 Å². The molecule has 0 radical (unpaired) electrons. The molecule has 0 saturated heterocycles. The fourth-order valence-electron chi connectivity index (χ4n) is 2.10. The Balaban J connectivity index is 2.64. The molecule has 1 aromatic rings. The van der Waals surface area contributed by atoms with Gasteiger partial charge < -0.3 is 14.3 Å². The molecule has 0 aromatic carbocycles. The lowest BCUT2D eigenvalue weighted by molar-refractivity contribution is 0.180. The molecule has 108 valence electrons. The Hall–Kier alpha value is -1.29. The molecule has 0 aliphatic carbocycles. The van der Waals surface area contributed by atoms with Crippen molar-refractivity contribution < 1.29 is 14.3 Å². The number of hydrogen-bond acceptors (Lipinski definition) is 4. The normalized spacial score (nSPS) is 12.5. The fraction of sp³-hybridized carbons (Fsp3) is 0.667. The van der Waals surface area contributed by atoms with Crippen LogP contribution < -0.4 is 10.2 Å². The maximum absolute atomic E-state index is 12.0. The lowest BCUT2D eigenvalue weighted by atomic mass is 10.1. The molecule has 0 aliphatic heterocycles. The van der Waals surface area contributed by atoms with Crippen molar-refractivity contribution in [2.45, 2.75) is 59.0 Å². The highest BCUT2D eigenvalue weighted by molar-refractivity contribution is 5.29. The summed E-state index contributed by atoms with van der Waals surface area (Å²) in [5.41, 5.74) is 1.20. The Morgan fingerprint density at radius 1 is 1.21 bits per heavy atom. The molecule has 1 rings (SSSR count). The maximum Gasteiger partial charge on any atom is 0.291 e. The molecule has 0 amide bonds. The van der Waals surface area contributed by atoms with Crippen LogP contribution in [0.2, 0.25) is 0 Å².